The van der Waals surface area contributed by atoms with Gasteiger partial charge in [-0.3, -0.25) is 11.3 Å². The molecule has 18 heavy (non-hydrogen) atoms. The zero-order chi connectivity index (χ0) is 13.0. The minimum atomic E-state index is -0.265. The van der Waals surface area contributed by atoms with E-state index in [9.17, 15) is 4.39 Å². The summed E-state index contributed by atoms with van der Waals surface area (Å²) in [6, 6.07) is 13.8. The van der Waals surface area contributed by atoms with Crippen molar-refractivity contribution in [1.82, 2.24) is 5.43 Å². The first-order valence-corrected chi connectivity index (χ1v) is 6.03. The van der Waals surface area contributed by atoms with Gasteiger partial charge >= 0.3 is 0 Å². The van der Waals surface area contributed by atoms with Crippen LogP contribution in [0.2, 0.25) is 5.02 Å². The highest BCUT2D eigenvalue weighted by molar-refractivity contribution is 6.30. The van der Waals surface area contributed by atoms with E-state index in [0.717, 1.165) is 11.1 Å². The largest absolute Gasteiger partial charge is 0.271 e. The van der Waals surface area contributed by atoms with Crippen molar-refractivity contribution in [2.24, 2.45) is 5.84 Å². The zero-order valence-electron chi connectivity index (χ0n) is 9.74. The molecule has 0 amide bonds. The number of hydrogen-bond donors (Lipinski definition) is 2. The molecule has 0 aliphatic rings. The van der Waals surface area contributed by atoms with Crippen molar-refractivity contribution in [3.63, 3.8) is 0 Å². The molecule has 0 aliphatic carbocycles. The third-order valence-electron chi connectivity index (χ3n) is 2.78. The number of halogens is 2. The highest BCUT2D eigenvalue weighted by Gasteiger charge is 2.11. The second-order valence-corrected chi connectivity index (χ2v) is 4.54. The molecule has 0 aromatic heterocycles. The fourth-order valence-corrected chi connectivity index (χ4v) is 2.11. The van der Waals surface area contributed by atoms with E-state index in [2.05, 4.69) is 5.43 Å². The quantitative estimate of drug-likeness (QED) is 0.657. The molecule has 1 atom stereocenters. The lowest BCUT2D eigenvalue weighted by atomic mass is 9.99. The Labute approximate surface area is 111 Å². The van der Waals surface area contributed by atoms with Gasteiger partial charge in [-0.2, -0.15) is 0 Å². The summed E-state index contributed by atoms with van der Waals surface area (Å²) in [6.45, 7) is 0. The summed E-state index contributed by atoms with van der Waals surface area (Å²) in [7, 11) is 0. The maximum Gasteiger partial charge on any atom is 0.123 e. The van der Waals surface area contributed by atoms with Crippen molar-refractivity contribution in [3.8, 4) is 0 Å². The second-order valence-electron chi connectivity index (χ2n) is 4.11. The average Bonchev–Trinajstić information content (AvgIpc) is 2.36. The number of hydrazine groups is 1. The van der Waals surface area contributed by atoms with Gasteiger partial charge in [0.25, 0.3) is 0 Å². The molecule has 0 radical (unpaired) electrons. The summed E-state index contributed by atoms with van der Waals surface area (Å²) >= 11 is 5.93. The van der Waals surface area contributed by atoms with E-state index in [1.807, 2.05) is 30.3 Å². The summed E-state index contributed by atoms with van der Waals surface area (Å²) in [5.74, 6) is 5.27. The lowest BCUT2D eigenvalue weighted by Gasteiger charge is -2.16. The number of nitrogens with one attached hydrogen (secondary N) is 1. The van der Waals surface area contributed by atoms with Crippen molar-refractivity contribution in [3.05, 3.63) is 70.5 Å². The highest BCUT2D eigenvalue weighted by atomic mass is 35.5. The second kappa shape index (κ2) is 5.96. The molecule has 3 N–H and O–H groups in total. The van der Waals surface area contributed by atoms with Gasteiger partial charge in [-0.1, -0.05) is 35.9 Å². The van der Waals surface area contributed by atoms with Gasteiger partial charge in [-0.25, -0.2) is 4.39 Å². The molecular weight excluding hydrogens is 251 g/mol. The Bertz CT molecular complexity index is 531. The van der Waals surface area contributed by atoms with Crippen LogP contribution in [0, 0.1) is 5.82 Å². The van der Waals surface area contributed by atoms with Gasteiger partial charge in [0.15, 0.2) is 0 Å². The first kappa shape index (κ1) is 13.0. The third kappa shape index (κ3) is 3.29. The first-order valence-electron chi connectivity index (χ1n) is 5.65. The van der Waals surface area contributed by atoms with Crippen LogP contribution < -0.4 is 11.3 Å². The summed E-state index contributed by atoms with van der Waals surface area (Å²) < 4.78 is 13.2. The van der Waals surface area contributed by atoms with Crippen LogP contribution in [0.3, 0.4) is 0 Å². The molecule has 0 spiro atoms. The van der Waals surface area contributed by atoms with Gasteiger partial charge in [0.2, 0.25) is 0 Å². The van der Waals surface area contributed by atoms with Crippen LogP contribution in [0.25, 0.3) is 0 Å². The van der Waals surface area contributed by atoms with Crippen LogP contribution in [0.1, 0.15) is 17.2 Å². The molecule has 1 unspecified atom stereocenters. The molecule has 0 heterocycles. The Morgan fingerprint density at radius 1 is 1.17 bits per heavy atom. The Hall–Kier alpha value is -1.42. The number of benzene rings is 2. The molecule has 0 aliphatic heterocycles. The van der Waals surface area contributed by atoms with Crippen LogP contribution in [0.4, 0.5) is 4.39 Å². The smallest absolute Gasteiger partial charge is 0.123 e. The maximum atomic E-state index is 13.2. The van der Waals surface area contributed by atoms with E-state index >= 15 is 0 Å². The van der Waals surface area contributed by atoms with Crippen molar-refractivity contribution in [1.29, 1.82) is 0 Å². The normalized spacial score (nSPS) is 12.4. The predicted molar refractivity (Wildman–Crippen MR) is 71.6 cm³/mol. The van der Waals surface area contributed by atoms with Gasteiger partial charge < -0.3 is 0 Å². The van der Waals surface area contributed by atoms with Crippen LogP contribution in [-0.4, -0.2) is 0 Å². The van der Waals surface area contributed by atoms with E-state index in [-0.39, 0.29) is 11.9 Å². The SMILES string of the molecule is NNC(Cc1cccc(Cl)c1)c1cccc(F)c1. The van der Waals surface area contributed by atoms with E-state index in [4.69, 9.17) is 17.4 Å². The van der Waals surface area contributed by atoms with Crippen LogP contribution >= 0.6 is 11.6 Å². The summed E-state index contributed by atoms with van der Waals surface area (Å²) in [5, 5.41) is 0.683. The molecule has 2 rings (SSSR count). The Morgan fingerprint density at radius 3 is 2.61 bits per heavy atom. The topological polar surface area (TPSA) is 38.0 Å². The molecule has 4 heteroatoms. The molecule has 0 fully saturated rings. The van der Waals surface area contributed by atoms with Crippen molar-refractivity contribution >= 4 is 11.6 Å². The number of nitrogens with two attached hydrogens (primary N) is 1. The van der Waals surface area contributed by atoms with Gasteiger partial charge in [0.05, 0.1) is 6.04 Å². The molecule has 2 aromatic rings. The fraction of sp³-hybridized carbons (Fsp3) is 0.143. The lowest BCUT2D eigenvalue weighted by molar-refractivity contribution is 0.544. The molecule has 0 saturated carbocycles. The minimum absolute atomic E-state index is 0.140. The molecule has 0 saturated heterocycles. The fourth-order valence-electron chi connectivity index (χ4n) is 1.90. The summed E-state index contributed by atoms with van der Waals surface area (Å²) in [5.41, 5.74) is 4.57. The number of hydrogen-bond acceptors (Lipinski definition) is 2. The third-order valence-corrected chi connectivity index (χ3v) is 3.02. The Kier molecular flexibility index (Phi) is 4.31. The van der Waals surface area contributed by atoms with Gasteiger partial charge in [0, 0.05) is 5.02 Å². The van der Waals surface area contributed by atoms with Crippen LogP contribution in [0.15, 0.2) is 48.5 Å². The van der Waals surface area contributed by atoms with Crippen molar-refractivity contribution < 1.29 is 4.39 Å². The zero-order valence-corrected chi connectivity index (χ0v) is 10.5. The van der Waals surface area contributed by atoms with Crippen molar-refractivity contribution in [2.75, 3.05) is 0 Å². The van der Waals surface area contributed by atoms with Gasteiger partial charge in [-0.05, 0) is 41.8 Å². The molecule has 94 valence electrons. The maximum absolute atomic E-state index is 13.2. The van der Waals surface area contributed by atoms with E-state index in [1.165, 1.54) is 12.1 Å². The van der Waals surface area contributed by atoms with E-state index in [1.54, 1.807) is 6.07 Å². The van der Waals surface area contributed by atoms with Crippen molar-refractivity contribution in [2.45, 2.75) is 12.5 Å². The summed E-state index contributed by atoms with van der Waals surface area (Å²) in [4.78, 5) is 0. The van der Waals surface area contributed by atoms with Crippen LogP contribution in [0.5, 0.6) is 0 Å². The molecule has 0 bridgehead atoms. The minimum Gasteiger partial charge on any atom is -0.271 e. The van der Waals surface area contributed by atoms with Crippen LogP contribution in [-0.2, 0) is 6.42 Å². The number of rotatable bonds is 4. The lowest BCUT2D eigenvalue weighted by Crippen LogP contribution is -2.29. The Balaban J connectivity index is 2.19. The molecule has 2 nitrogen and oxygen atoms in total. The standard InChI is InChI=1S/C14H14ClFN2/c15-12-5-1-3-10(7-12)8-14(18-17)11-4-2-6-13(16)9-11/h1-7,9,14,18H,8,17H2. The van der Waals surface area contributed by atoms with Gasteiger partial charge in [-0.15, -0.1) is 0 Å². The monoisotopic (exact) mass is 264 g/mol. The predicted octanol–water partition coefficient (Wildman–Crippen LogP) is 3.23. The van der Waals surface area contributed by atoms with Gasteiger partial charge in [0.1, 0.15) is 5.82 Å². The highest BCUT2D eigenvalue weighted by Crippen LogP contribution is 2.20. The average molecular weight is 265 g/mol. The first-order chi connectivity index (χ1) is 8.69. The molecule has 2 aromatic carbocycles. The Morgan fingerprint density at radius 2 is 1.94 bits per heavy atom. The summed E-state index contributed by atoms with van der Waals surface area (Å²) in [6.07, 6.45) is 0.653. The molecular formula is C14H14ClFN2. The van der Waals surface area contributed by atoms with E-state index < -0.39 is 0 Å². The van der Waals surface area contributed by atoms with E-state index in [0.29, 0.717) is 11.4 Å².